The highest BCUT2D eigenvalue weighted by Crippen LogP contribution is 2.58. The third-order valence-corrected chi connectivity index (χ3v) is 3.55. The maximum absolute atomic E-state index is 9.87. The van der Waals surface area contributed by atoms with Gasteiger partial charge >= 0.3 is 0 Å². The summed E-state index contributed by atoms with van der Waals surface area (Å²) in [6.45, 7) is 2.87. The molecule has 2 nitrogen and oxygen atoms in total. The van der Waals surface area contributed by atoms with E-state index in [1.165, 1.54) is 12.8 Å². The molecule has 0 saturated heterocycles. The third kappa shape index (κ3) is 1.00. The van der Waals surface area contributed by atoms with Crippen molar-refractivity contribution >= 4 is 0 Å². The molecule has 11 heavy (non-hydrogen) atoms. The van der Waals surface area contributed by atoms with Crippen molar-refractivity contribution in [3.63, 3.8) is 0 Å². The van der Waals surface area contributed by atoms with Crippen LogP contribution in [0, 0.1) is 17.3 Å². The van der Waals surface area contributed by atoms with Crippen LogP contribution >= 0.6 is 0 Å². The van der Waals surface area contributed by atoms with Crippen LogP contribution in [0.5, 0.6) is 0 Å². The quantitative estimate of drug-likeness (QED) is 0.631. The van der Waals surface area contributed by atoms with E-state index in [1.807, 2.05) is 0 Å². The molecule has 2 aliphatic carbocycles. The monoisotopic (exact) mass is 155 g/mol. The van der Waals surface area contributed by atoms with E-state index < -0.39 is 0 Å². The molecule has 2 heteroatoms. The Morgan fingerprint density at radius 2 is 2.18 bits per heavy atom. The zero-order valence-electron chi connectivity index (χ0n) is 7.09. The molecule has 0 spiro atoms. The predicted octanol–water partition coefficient (Wildman–Crippen LogP) is 0.742. The van der Waals surface area contributed by atoms with E-state index >= 15 is 0 Å². The minimum Gasteiger partial charge on any atom is -0.392 e. The second kappa shape index (κ2) is 2.20. The molecule has 0 aliphatic heterocycles. The van der Waals surface area contributed by atoms with Crippen LogP contribution in [-0.2, 0) is 0 Å². The van der Waals surface area contributed by atoms with E-state index in [1.54, 1.807) is 0 Å². The Hall–Kier alpha value is -0.0800. The molecule has 0 bridgehead atoms. The van der Waals surface area contributed by atoms with Gasteiger partial charge in [0.2, 0.25) is 0 Å². The van der Waals surface area contributed by atoms with Crippen molar-refractivity contribution in [1.82, 2.24) is 0 Å². The van der Waals surface area contributed by atoms with E-state index in [0.717, 1.165) is 6.42 Å². The van der Waals surface area contributed by atoms with Gasteiger partial charge in [-0.25, -0.2) is 0 Å². The molecule has 0 aromatic heterocycles. The molecule has 0 amide bonds. The lowest BCUT2D eigenvalue weighted by Gasteiger charge is -2.21. The van der Waals surface area contributed by atoms with E-state index in [2.05, 4.69) is 6.92 Å². The van der Waals surface area contributed by atoms with Gasteiger partial charge in [-0.05, 0) is 31.1 Å². The van der Waals surface area contributed by atoms with E-state index in [-0.39, 0.29) is 11.5 Å². The molecule has 2 saturated carbocycles. The number of hydrogen-bond acceptors (Lipinski definition) is 2. The van der Waals surface area contributed by atoms with Gasteiger partial charge < -0.3 is 10.8 Å². The fourth-order valence-electron chi connectivity index (χ4n) is 2.21. The van der Waals surface area contributed by atoms with Gasteiger partial charge in [0.25, 0.3) is 0 Å². The highest BCUT2D eigenvalue weighted by atomic mass is 16.3. The molecule has 3 atom stereocenters. The number of aliphatic hydroxyl groups is 1. The second-order valence-electron chi connectivity index (χ2n) is 4.32. The van der Waals surface area contributed by atoms with Gasteiger partial charge in [-0.3, -0.25) is 0 Å². The van der Waals surface area contributed by atoms with Crippen LogP contribution in [0.1, 0.15) is 26.2 Å². The Bertz CT molecular complexity index is 163. The number of rotatable bonds is 3. The summed E-state index contributed by atoms with van der Waals surface area (Å²) < 4.78 is 0. The van der Waals surface area contributed by atoms with Gasteiger partial charge in [-0.1, -0.05) is 6.92 Å². The van der Waals surface area contributed by atoms with E-state index in [0.29, 0.717) is 18.4 Å². The molecule has 0 radical (unpaired) electrons. The summed E-state index contributed by atoms with van der Waals surface area (Å²) in [5.74, 6) is 1.24. The van der Waals surface area contributed by atoms with Crippen LogP contribution in [0.2, 0.25) is 0 Å². The van der Waals surface area contributed by atoms with Gasteiger partial charge in [0.15, 0.2) is 0 Å². The van der Waals surface area contributed by atoms with Crippen molar-refractivity contribution in [1.29, 1.82) is 0 Å². The first kappa shape index (κ1) is 7.56. The average molecular weight is 155 g/mol. The maximum atomic E-state index is 9.87. The van der Waals surface area contributed by atoms with Crippen LogP contribution in [-0.4, -0.2) is 17.8 Å². The van der Waals surface area contributed by atoms with Gasteiger partial charge in [0.1, 0.15) is 0 Å². The Morgan fingerprint density at radius 1 is 1.64 bits per heavy atom. The second-order valence-corrected chi connectivity index (χ2v) is 4.32. The van der Waals surface area contributed by atoms with Crippen molar-refractivity contribution in [3.8, 4) is 0 Å². The van der Waals surface area contributed by atoms with E-state index in [4.69, 9.17) is 5.73 Å². The summed E-state index contributed by atoms with van der Waals surface area (Å²) in [5.41, 5.74) is 5.79. The Morgan fingerprint density at radius 3 is 2.45 bits per heavy atom. The molecule has 0 aromatic carbocycles. The van der Waals surface area contributed by atoms with Crippen LogP contribution in [0.25, 0.3) is 0 Å². The first-order valence-electron chi connectivity index (χ1n) is 4.59. The zero-order valence-corrected chi connectivity index (χ0v) is 7.09. The molecule has 64 valence electrons. The van der Waals surface area contributed by atoms with Gasteiger partial charge in [-0.2, -0.15) is 0 Å². The highest BCUT2D eigenvalue weighted by molar-refractivity contribution is 5.08. The summed E-state index contributed by atoms with van der Waals surface area (Å²) in [7, 11) is 0. The largest absolute Gasteiger partial charge is 0.392 e. The number of hydrogen-bond donors (Lipinski definition) is 2. The van der Waals surface area contributed by atoms with Crippen molar-refractivity contribution in [2.24, 2.45) is 23.0 Å². The van der Waals surface area contributed by atoms with Crippen LogP contribution in [0.3, 0.4) is 0 Å². The smallest absolute Gasteiger partial charge is 0.0639 e. The lowest BCUT2D eigenvalue weighted by Crippen LogP contribution is -2.32. The summed E-state index contributed by atoms with van der Waals surface area (Å²) >= 11 is 0. The normalized spacial score (nSPS) is 45.5. The van der Waals surface area contributed by atoms with Crippen LogP contribution in [0.4, 0.5) is 0 Å². The predicted molar refractivity (Wildman–Crippen MR) is 44.0 cm³/mol. The topological polar surface area (TPSA) is 46.2 Å². The van der Waals surface area contributed by atoms with Crippen molar-refractivity contribution in [2.45, 2.75) is 32.3 Å². The van der Waals surface area contributed by atoms with Gasteiger partial charge in [-0.15, -0.1) is 0 Å². The summed E-state index contributed by atoms with van der Waals surface area (Å²) in [5, 5.41) is 9.87. The standard InChI is InChI=1S/C9H17NO/c1-6-4-9(6,5-10)8(11)7-2-3-7/h6-8,11H,2-5,10H2,1H3/t6-,8-,9+/m0/s1. The Labute approximate surface area is 67.8 Å². The van der Waals surface area contributed by atoms with Crippen LogP contribution < -0.4 is 5.73 Å². The first-order chi connectivity index (χ1) is 5.20. The number of nitrogens with two attached hydrogens (primary N) is 1. The van der Waals surface area contributed by atoms with Crippen LogP contribution in [0.15, 0.2) is 0 Å². The van der Waals surface area contributed by atoms with Gasteiger partial charge in [0, 0.05) is 12.0 Å². The fourth-order valence-corrected chi connectivity index (χ4v) is 2.21. The molecule has 2 aliphatic rings. The lowest BCUT2D eigenvalue weighted by molar-refractivity contribution is 0.0684. The minimum absolute atomic E-state index is 0.0949. The summed E-state index contributed by atoms with van der Waals surface area (Å²) in [6.07, 6.45) is 3.48. The van der Waals surface area contributed by atoms with Gasteiger partial charge in [0.05, 0.1) is 6.10 Å². The summed E-state index contributed by atoms with van der Waals surface area (Å²) in [6, 6.07) is 0. The molecule has 2 fully saturated rings. The molecule has 3 N–H and O–H groups in total. The molecule has 2 rings (SSSR count). The summed E-state index contributed by atoms with van der Waals surface area (Å²) in [4.78, 5) is 0. The fraction of sp³-hybridized carbons (Fsp3) is 1.00. The third-order valence-electron chi connectivity index (χ3n) is 3.55. The Kier molecular flexibility index (Phi) is 1.52. The van der Waals surface area contributed by atoms with Crippen molar-refractivity contribution in [2.75, 3.05) is 6.54 Å². The number of aliphatic hydroxyl groups excluding tert-OH is 1. The average Bonchev–Trinajstić information content (AvgIpc) is 2.80. The maximum Gasteiger partial charge on any atom is 0.0639 e. The SMILES string of the molecule is C[C@H]1C[C@]1(CN)[C@@H](O)C1CC1. The molecule has 0 heterocycles. The Balaban J connectivity index is 2.00. The lowest BCUT2D eigenvalue weighted by atomic mass is 9.93. The molecular weight excluding hydrogens is 138 g/mol. The van der Waals surface area contributed by atoms with Crippen molar-refractivity contribution < 1.29 is 5.11 Å². The molecule has 0 unspecified atom stereocenters. The van der Waals surface area contributed by atoms with Crippen molar-refractivity contribution in [3.05, 3.63) is 0 Å². The molecular formula is C9H17NO. The first-order valence-corrected chi connectivity index (χ1v) is 4.59. The van der Waals surface area contributed by atoms with E-state index in [9.17, 15) is 5.11 Å². The highest BCUT2D eigenvalue weighted by Gasteiger charge is 2.58. The molecule has 0 aromatic rings. The minimum atomic E-state index is -0.0949. The zero-order chi connectivity index (χ0) is 8.06.